The molecule has 0 aliphatic rings. The summed E-state index contributed by atoms with van der Waals surface area (Å²) in [5.41, 5.74) is 0.215. The molecule has 0 aromatic heterocycles. The normalized spacial score (nSPS) is 12.6. The van der Waals surface area contributed by atoms with Crippen LogP contribution in [0.4, 0.5) is 8.78 Å². The van der Waals surface area contributed by atoms with Crippen LogP contribution in [0.5, 0.6) is 0 Å². The number of benzene rings is 1. The van der Waals surface area contributed by atoms with Gasteiger partial charge in [-0.1, -0.05) is 39.2 Å². The summed E-state index contributed by atoms with van der Waals surface area (Å²) >= 11 is 0. The molecule has 0 saturated carbocycles. The lowest BCUT2D eigenvalue weighted by atomic mass is 9.99. The second-order valence-electron chi connectivity index (χ2n) is 5.05. The van der Waals surface area contributed by atoms with Crippen LogP contribution >= 0.6 is 0 Å². The Kier molecular flexibility index (Phi) is 7.65. The van der Waals surface area contributed by atoms with E-state index in [9.17, 15) is 8.78 Å². The van der Waals surface area contributed by atoms with Gasteiger partial charge in [-0.25, -0.2) is 8.78 Å². The molecule has 0 bridgehead atoms. The quantitative estimate of drug-likeness (QED) is 0.653. The van der Waals surface area contributed by atoms with Crippen molar-refractivity contribution in [2.45, 2.75) is 58.4 Å². The van der Waals surface area contributed by atoms with Crippen molar-refractivity contribution in [3.63, 3.8) is 0 Å². The summed E-state index contributed by atoms with van der Waals surface area (Å²) in [7, 11) is 0. The Morgan fingerprint density at radius 3 is 2.32 bits per heavy atom. The summed E-state index contributed by atoms with van der Waals surface area (Å²) in [5.74, 6) is -0.863. The largest absolute Gasteiger partial charge is 0.314 e. The fourth-order valence-corrected chi connectivity index (χ4v) is 2.24. The fraction of sp³-hybridized carbons (Fsp3) is 0.625. The first-order valence-electron chi connectivity index (χ1n) is 7.35. The van der Waals surface area contributed by atoms with E-state index in [1.54, 1.807) is 0 Å². The fourth-order valence-electron chi connectivity index (χ4n) is 2.24. The SMILES string of the molecule is CCCCCC(Cc1c(F)cccc1F)NCCC. The van der Waals surface area contributed by atoms with Gasteiger partial charge < -0.3 is 5.32 Å². The molecule has 0 amide bonds. The van der Waals surface area contributed by atoms with Gasteiger partial charge in [0.05, 0.1) is 0 Å². The molecule has 0 radical (unpaired) electrons. The average molecular weight is 269 g/mol. The third kappa shape index (κ3) is 5.68. The third-order valence-corrected chi connectivity index (χ3v) is 3.35. The minimum absolute atomic E-state index is 0.165. The predicted octanol–water partition coefficient (Wildman–Crippen LogP) is 4.46. The van der Waals surface area contributed by atoms with Crippen molar-refractivity contribution in [1.82, 2.24) is 5.32 Å². The molecule has 0 heterocycles. The van der Waals surface area contributed by atoms with Crippen molar-refractivity contribution in [3.8, 4) is 0 Å². The molecular weight excluding hydrogens is 244 g/mol. The van der Waals surface area contributed by atoms with E-state index in [0.717, 1.165) is 32.2 Å². The van der Waals surface area contributed by atoms with Crippen LogP contribution in [0.2, 0.25) is 0 Å². The Hall–Kier alpha value is -0.960. The van der Waals surface area contributed by atoms with E-state index in [0.29, 0.717) is 6.42 Å². The Morgan fingerprint density at radius 2 is 1.74 bits per heavy atom. The minimum atomic E-state index is -0.432. The van der Waals surface area contributed by atoms with Crippen LogP contribution in [0.3, 0.4) is 0 Å². The van der Waals surface area contributed by atoms with Gasteiger partial charge in [-0.2, -0.15) is 0 Å². The van der Waals surface area contributed by atoms with Crippen molar-refractivity contribution >= 4 is 0 Å². The number of unbranched alkanes of at least 4 members (excludes halogenated alkanes) is 2. The molecule has 0 aliphatic carbocycles. The van der Waals surface area contributed by atoms with Crippen molar-refractivity contribution in [2.75, 3.05) is 6.54 Å². The molecule has 0 aliphatic heterocycles. The molecule has 1 atom stereocenters. The molecule has 1 nitrogen and oxygen atoms in total. The average Bonchev–Trinajstić information content (AvgIpc) is 2.39. The Morgan fingerprint density at radius 1 is 1.05 bits per heavy atom. The Balaban J connectivity index is 2.64. The molecule has 1 aromatic carbocycles. The van der Waals surface area contributed by atoms with Crippen LogP contribution in [0, 0.1) is 11.6 Å². The van der Waals surface area contributed by atoms with E-state index in [1.807, 2.05) is 0 Å². The second-order valence-corrected chi connectivity index (χ2v) is 5.05. The third-order valence-electron chi connectivity index (χ3n) is 3.35. The lowest BCUT2D eigenvalue weighted by molar-refractivity contribution is 0.439. The number of rotatable bonds is 9. The first kappa shape index (κ1) is 16.1. The summed E-state index contributed by atoms with van der Waals surface area (Å²) in [5, 5.41) is 3.40. The van der Waals surface area contributed by atoms with Crippen molar-refractivity contribution < 1.29 is 8.78 Å². The molecule has 1 aromatic rings. The van der Waals surface area contributed by atoms with Gasteiger partial charge in [0.25, 0.3) is 0 Å². The molecule has 0 saturated heterocycles. The van der Waals surface area contributed by atoms with Crippen LogP contribution in [-0.2, 0) is 6.42 Å². The highest BCUT2D eigenvalue weighted by molar-refractivity contribution is 5.20. The van der Waals surface area contributed by atoms with Crippen LogP contribution in [-0.4, -0.2) is 12.6 Å². The van der Waals surface area contributed by atoms with E-state index < -0.39 is 11.6 Å². The summed E-state index contributed by atoms with van der Waals surface area (Å²) in [6, 6.07) is 4.25. The van der Waals surface area contributed by atoms with Gasteiger partial charge in [0, 0.05) is 11.6 Å². The zero-order chi connectivity index (χ0) is 14.1. The van der Waals surface area contributed by atoms with Crippen molar-refractivity contribution in [2.24, 2.45) is 0 Å². The first-order chi connectivity index (χ1) is 9.19. The topological polar surface area (TPSA) is 12.0 Å². The van der Waals surface area contributed by atoms with Gasteiger partial charge in [-0.15, -0.1) is 0 Å². The van der Waals surface area contributed by atoms with Crippen LogP contribution < -0.4 is 5.32 Å². The second kappa shape index (κ2) is 9.03. The lowest BCUT2D eigenvalue weighted by Gasteiger charge is -2.19. The lowest BCUT2D eigenvalue weighted by Crippen LogP contribution is -2.32. The van der Waals surface area contributed by atoms with Gasteiger partial charge >= 0.3 is 0 Å². The summed E-state index contributed by atoms with van der Waals surface area (Å²) < 4.78 is 27.3. The highest BCUT2D eigenvalue weighted by Crippen LogP contribution is 2.16. The highest BCUT2D eigenvalue weighted by atomic mass is 19.1. The van der Waals surface area contributed by atoms with E-state index in [1.165, 1.54) is 24.6 Å². The van der Waals surface area contributed by atoms with E-state index in [-0.39, 0.29) is 11.6 Å². The summed E-state index contributed by atoms with van der Waals surface area (Å²) in [6.07, 6.45) is 5.88. The monoisotopic (exact) mass is 269 g/mol. The molecule has 108 valence electrons. The molecule has 0 fully saturated rings. The molecule has 1 rings (SSSR count). The number of hydrogen-bond donors (Lipinski definition) is 1. The van der Waals surface area contributed by atoms with Crippen molar-refractivity contribution in [3.05, 3.63) is 35.4 Å². The maximum absolute atomic E-state index is 13.7. The molecule has 19 heavy (non-hydrogen) atoms. The maximum Gasteiger partial charge on any atom is 0.129 e. The number of nitrogens with one attached hydrogen (secondary N) is 1. The zero-order valence-corrected chi connectivity index (χ0v) is 12.0. The standard InChI is InChI=1S/C16H25F2N/c1-3-5-6-8-13(19-11-4-2)12-14-15(17)9-7-10-16(14)18/h7,9-10,13,19H,3-6,8,11-12H2,1-2H3. The van der Waals surface area contributed by atoms with Gasteiger partial charge in [0.15, 0.2) is 0 Å². The molecule has 0 spiro atoms. The van der Waals surface area contributed by atoms with Crippen molar-refractivity contribution in [1.29, 1.82) is 0 Å². The van der Waals surface area contributed by atoms with Gasteiger partial charge in [0.1, 0.15) is 11.6 Å². The summed E-state index contributed by atoms with van der Waals surface area (Å²) in [4.78, 5) is 0. The number of hydrogen-bond acceptors (Lipinski definition) is 1. The Bertz CT molecular complexity index is 346. The Labute approximate surface area is 115 Å². The van der Waals surface area contributed by atoms with E-state index in [4.69, 9.17) is 0 Å². The maximum atomic E-state index is 13.7. The van der Waals surface area contributed by atoms with E-state index >= 15 is 0 Å². The number of halogens is 2. The molecule has 3 heteroatoms. The first-order valence-corrected chi connectivity index (χ1v) is 7.35. The zero-order valence-electron chi connectivity index (χ0n) is 12.0. The van der Waals surface area contributed by atoms with E-state index in [2.05, 4.69) is 19.2 Å². The smallest absolute Gasteiger partial charge is 0.129 e. The summed E-state index contributed by atoms with van der Waals surface area (Å²) in [6.45, 7) is 5.15. The molecule has 1 N–H and O–H groups in total. The molecule has 1 unspecified atom stereocenters. The van der Waals surface area contributed by atoms with Gasteiger partial charge in [0.2, 0.25) is 0 Å². The minimum Gasteiger partial charge on any atom is -0.314 e. The van der Waals surface area contributed by atoms with Crippen LogP contribution in [0.25, 0.3) is 0 Å². The molecular formula is C16H25F2N. The highest BCUT2D eigenvalue weighted by Gasteiger charge is 2.15. The van der Waals surface area contributed by atoms with Gasteiger partial charge in [-0.05, 0) is 37.9 Å². The van der Waals surface area contributed by atoms with Gasteiger partial charge in [-0.3, -0.25) is 0 Å². The predicted molar refractivity (Wildman–Crippen MR) is 76.3 cm³/mol. The van der Waals surface area contributed by atoms with Crippen LogP contribution in [0.15, 0.2) is 18.2 Å². The van der Waals surface area contributed by atoms with Crippen LogP contribution in [0.1, 0.15) is 51.5 Å².